The van der Waals surface area contributed by atoms with Crippen molar-refractivity contribution in [2.24, 2.45) is 0 Å². The molecule has 0 atom stereocenters. The molecule has 0 spiro atoms. The van der Waals surface area contributed by atoms with Crippen molar-refractivity contribution in [1.82, 2.24) is 4.90 Å². The summed E-state index contributed by atoms with van der Waals surface area (Å²) in [6, 6.07) is 2.07. The number of carbonyl (C=O) groups excluding carboxylic acids is 1. The summed E-state index contributed by atoms with van der Waals surface area (Å²) in [6.07, 6.45) is -0.230. The lowest BCUT2D eigenvalue weighted by Crippen LogP contribution is -2.33. The van der Waals surface area contributed by atoms with E-state index in [1.807, 2.05) is 20.8 Å². The van der Waals surface area contributed by atoms with Crippen LogP contribution in [0, 0.1) is 0 Å². The summed E-state index contributed by atoms with van der Waals surface area (Å²) in [5.74, 6) is 0. The van der Waals surface area contributed by atoms with E-state index >= 15 is 0 Å². The number of hydrogen-bond donors (Lipinski definition) is 0. The predicted molar refractivity (Wildman–Crippen MR) is 67.5 cm³/mol. The molecule has 0 radical (unpaired) electrons. The van der Waals surface area contributed by atoms with Crippen LogP contribution in [0.5, 0.6) is 0 Å². The molecule has 0 bridgehead atoms. The van der Waals surface area contributed by atoms with Gasteiger partial charge in [-0.05, 0) is 48.3 Å². The Balaban J connectivity index is 2.01. The second-order valence-corrected chi connectivity index (χ2v) is 7.35. The molecule has 3 nitrogen and oxygen atoms in total. The third-order valence-corrected chi connectivity index (χ3v) is 3.88. The smallest absolute Gasteiger partial charge is 0.410 e. The number of amides is 1. The van der Waals surface area contributed by atoms with E-state index in [2.05, 4.69) is 22.0 Å². The minimum atomic E-state index is -0.423. The van der Waals surface area contributed by atoms with Crippen LogP contribution in [0.2, 0.25) is 0 Å². The zero-order chi connectivity index (χ0) is 11.9. The molecule has 1 aromatic heterocycles. The van der Waals surface area contributed by atoms with Gasteiger partial charge in [0, 0.05) is 4.88 Å². The largest absolute Gasteiger partial charge is 0.444 e. The highest BCUT2D eigenvalue weighted by Crippen LogP contribution is 2.34. The lowest BCUT2D eigenvalue weighted by Gasteiger charge is -2.24. The van der Waals surface area contributed by atoms with E-state index in [9.17, 15) is 4.79 Å². The average Bonchev–Trinajstić information content (AvgIpc) is 2.56. The van der Waals surface area contributed by atoms with Crippen LogP contribution in [0.1, 0.15) is 31.2 Å². The monoisotopic (exact) mass is 303 g/mol. The van der Waals surface area contributed by atoms with E-state index in [1.54, 1.807) is 16.2 Å². The van der Waals surface area contributed by atoms with Gasteiger partial charge in [-0.3, -0.25) is 4.90 Å². The van der Waals surface area contributed by atoms with Gasteiger partial charge in [0.05, 0.1) is 16.9 Å². The van der Waals surface area contributed by atoms with E-state index in [0.717, 1.165) is 3.79 Å². The Morgan fingerprint density at radius 2 is 2.19 bits per heavy atom. The molecule has 1 amide bonds. The highest BCUT2D eigenvalue weighted by molar-refractivity contribution is 9.11. The third-order valence-electron chi connectivity index (χ3n) is 2.21. The molecule has 1 aliphatic rings. The first kappa shape index (κ1) is 11.9. The third kappa shape index (κ3) is 2.58. The van der Waals surface area contributed by atoms with Gasteiger partial charge in [0.15, 0.2) is 0 Å². The molecular formula is C11H14BrNO2S. The zero-order valence-electron chi connectivity index (χ0n) is 9.54. The van der Waals surface area contributed by atoms with Gasteiger partial charge in [-0.25, -0.2) is 4.79 Å². The molecule has 0 N–H and O–H groups in total. The molecule has 16 heavy (non-hydrogen) atoms. The molecule has 0 saturated heterocycles. The molecule has 0 aliphatic carbocycles. The van der Waals surface area contributed by atoms with Crippen LogP contribution in [-0.2, 0) is 17.8 Å². The number of nitrogens with zero attached hydrogens (tertiary/aromatic N) is 1. The predicted octanol–water partition coefficient (Wildman–Crippen LogP) is 3.76. The topological polar surface area (TPSA) is 29.5 Å². The van der Waals surface area contributed by atoms with E-state index < -0.39 is 5.60 Å². The first-order valence-corrected chi connectivity index (χ1v) is 6.71. The lowest BCUT2D eigenvalue weighted by atomic mass is 10.2. The number of rotatable bonds is 0. The molecule has 1 aromatic rings. The Morgan fingerprint density at radius 3 is 2.75 bits per heavy atom. The van der Waals surface area contributed by atoms with Gasteiger partial charge in [-0.2, -0.15) is 0 Å². The van der Waals surface area contributed by atoms with Crippen LogP contribution in [0.4, 0.5) is 4.79 Å². The maximum absolute atomic E-state index is 11.8. The van der Waals surface area contributed by atoms with E-state index in [-0.39, 0.29) is 6.09 Å². The van der Waals surface area contributed by atoms with Gasteiger partial charge in [0.2, 0.25) is 0 Å². The van der Waals surface area contributed by atoms with Crippen LogP contribution in [0.3, 0.4) is 0 Å². The van der Waals surface area contributed by atoms with Crippen molar-refractivity contribution < 1.29 is 9.53 Å². The summed E-state index contributed by atoms with van der Waals surface area (Å²) in [4.78, 5) is 14.8. The van der Waals surface area contributed by atoms with Crippen molar-refractivity contribution in [3.05, 3.63) is 20.3 Å². The first-order chi connectivity index (χ1) is 7.35. The van der Waals surface area contributed by atoms with Gasteiger partial charge in [0.1, 0.15) is 5.60 Å². The minimum absolute atomic E-state index is 0.230. The molecule has 0 aromatic carbocycles. The summed E-state index contributed by atoms with van der Waals surface area (Å²) in [6.45, 7) is 6.97. The summed E-state index contributed by atoms with van der Waals surface area (Å²) in [5, 5.41) is 0. The summed E-state index contributed by atoms with van der Waals surface area (Å²) < 4.78 is 6.46. The number of hydrogen-bond acceptors (Lipinski definition) is 3. The van der Waals surface area contributed by atoms with Crippen molar-refractivity contribution in [3.63, 3.8) is 0 Å². The van der Waals surface area contributed by atoms with Gasteiger partial charge in [0.25, 0.3) is 0 Å². The van der Waals surface area contributed by atoms with Crippen LogP contribution in [0.25, 0.3) is 0 Å². The highest BCUT2D eigenvalue weighted by Gasteiger charge is 2.28. The lowest BCUT2D eigenvalue weighted by molar-refractivity contribution is 0.0242. The number of thiophene rings is 1. The molecule has 0 fully saturated rings. The Bertz CT molecular complexity index is 399. The molecule has 88 valence electrons. The van der Waals surface area contributed by atoms with Crippen molar-refractivity contribution in [1.29, 1.82) is 0 Å². The molecule has 2 rings (SSSR count). The maximum Gasteiger partial charge on any atom is 0.410 e. The van der Waals surface area contributed by atoms with E-state index in [0.29, 0.717) is 13.1 Å². The Hall–Kier alpha value is -0.550. The van der Waals surface area contributed by atoms with Gasteiger partial charge in [-0.1, -0.05) is 0 Å². The summed E-state index contributed by atoms with van der Waals surface area (Å²) >= 11 is 5.13. The molecular weight excluding hydrogens is 290 g/mol. The van der Waals surface area contributed by atoms with Crippen molar-refractivity contribution in [3.8, 4) is 0 Å². The fourth-order valence-corrected chi connectivity index (χ4v) is 3.36. The van der Waals surface area contributed by atoms with E-state index in [1.165, 1.54) is 10.4 Å². The summed E-state index contributed by atoms with van der Waals surface area (Å²) in [7, 11) is 0. The fraction of sp³-hybridized carbons (Fsp3) is 0.545. The molecule has 0 unspecified atom stereocenters. The van der Waals surface area contributed by atoms with Crippen LogP contribution < -0.4 is 0 Å². The molecule has 5 heteroatoms. The SMILES string of the molecule is CC(C)(C)OC(=O)N1Cc2cc(Br)sc2C1. The van der Waals surface area contributed by atoms with Crippen LogP contribution >= 0.6 is 27.3 Å². The van der Waals surface area contributed by atoms with Gasteiger partial charge >= 0.3 is 6.09 Å². The second kappa shape index (κ2) is 4.04. The van der Waals surface area contributed by atoms with Gasteiger partial charge in [-0.15, -0.1) is 11.3 Å². The quantitative estimate of drug-likeness (QED) is 0.730. The summed E-state index contributed by atoms with van der Waals surface area (Å²) in [5.41, 5.74) is 0.802. The second-order valence-electron chi connectivity index (χ2n) is 4.84. The zero-order valence-corrected chi connectivity index (χ0v) is 11.9. The van der Waals surface area contributed by atoms with Crippen molar-refractivity contribution >= 4 is 33.4 Å². The Labute approximate surface area is 108 Å². The standard InChI is InChI=1S/C11H14BrNO2S/c1-11(2,3)15-10(14)13-5-7-4-9(12)16-8(7)6-13/h4H,5-6H2,1-3H3. The molecule has 1 aliphatic heterocycles. The fourth-order valence-electron chi connectivity index (χ4n) is 1.59. The highest BCUT2D eigenvalue weighted by atomic mass is 79.9. The normalized spacial score (nSPS) is 15.1. The minimum Gasteiger partial charge on any atom is -0.444 e. The van der Waals surface area contributed by atoms with Gasteiger partial charge < -0.3 is 4.74 Å². The Kier molecular flexibility index (Phi) is 3.01. The maximum atomic E-state index is 11.8. The number of fused-ring (bicyclic) bond motifs is 1. The van der Waals surface area contributed by atoms with E-state index in [4.69, 9.17) is 4.74 Å². The molecule has 2 heterocycles. The van der Waals surface area contributed by atoms with Crippen LogP contribution in [0.15, 0.2) is 9.85 Å². The number of ether oxygens (including phenoxy) is 1. The Morgan fingerprint density at radius 1 is 1.50 bits per heavy atom. The number of halogens is 1. The van der Waals surface area contributed by atoms with Crippen molar-refractivity contribution in [2.75, 3.05) is 0 Å². The van der Waals surface area contributed by atoms with Crippen LogP contribution in [-0.4, -0.2) is 16.6 Å². The molecule has 0 saturated carbocycles. The number of carbonyl (C=O) groups is 1. The first-order valence-electron chi connectivity index (χ1n) is 5.10. The average molecular weight is 304 g/mol. The van der Waals surface area contributed by atoms with Crippen molar-refractivity contribution in [2.45, 2.75) is 39.5 Å².